The third-order valence-corrected chi connectivity index (χ3v) is 2.19. The first-order valence-electron chi connectivity index (χ1n) is 4.76. The molecule has 0 bridgehead atoms. The SMILES string of the molecule is COc1cc(C(=O)O)cc2c1OC(C)(C)O2. The Kier molecular flexibility index (Phi) is 2.18. The monoisotopic (exact) mass is 224 g/mol. The van der Waals surface area contributed by atoms with Crippen molar-refractivity contribution in [1.82, 2.24) is 0 Å². The van der Waals surface area contributed by atoms with E-state index in [0.29, 0.717) is 17.2 Å². The Balaban J connectivity index is 2.53. The molecular weight excluding hydrogens is 212 g/mol. The van der Waals surface area contributed by atoms with Gasteiger partial charge in [0.05, 0.1) is 12.7 Å². The van der Waals surface area contributed by atoms with E-state index in [1.165, 1.54) is 19.2 Å². The Morgan fingerprint density at radius 3 is 2.62 bits per heavy atom. The fourth-order valence-corrected chi connectivity index (χ4v) is 1.56. The first-order valence-corrected chi connectivity index (χ1v) is 4.76. The number of ether oxygens (including phenoxy) is 3. The highest BCUT2D eigenvalue weighted by Crippen LogP contribution is 2.46. The van der Waals surface area contributed by atoms with Gasteiger partial charge in [0.2, 0.25) is 11.5 Å². The van der Waals surface area contributed by atoms with E-state index in [0.717, 1.165) is 0 Å². The number of carboxylic acid groups (broad SMARTS) is 1. The molecule has 0 saturated carbocycles. The minimum absolute atomic E-state index is 0.108. The molecule has 1 aromatic rings. The zero-order chi connectivity index (χ0) is 11.9. The molecule has 0 fully saturated rings. The van der Waals surface area contributed by atoms with Crippen LogP contribution in [0, 0.1) is 0 Å². The van der Waals surface area contributed by atoms with Gasteiger partial charge in [-0.1, -0.05) is 0 Å². The Morgan fingerprint density at radius 2 is 2.06 bits per heavy atom. The van der Waals surface area contributed by atoms with E-state index in [9.17, 15) is 4.79 Å². The molecule has 5 nitrogen and oxygen atoms in total. The summed E-state index contributed by atoms with van der Waals surface area (Å²) in [4.78, 5) is 10.9. The van der Waals surface area contributed by atoms with Crippen molar-refractivity contribution in [2.45, 2.75) is 19.6 Å². The first-order chi connectivity index (χ1) is 7.43. The quantitative estimate of drug-likeness (QED) is 0.831. The highest BCUT2D eigenvalue weighted by molar-refractivity contribution is 5.89. The Morgan fingerprint density at radius 1 is 1.38 bits per heavy atom. The molecule has 0 atom stereocenters. The van der Waals surface area contributed by atoms with E-state index in [1.807, 2.05) is 0 Å². The van der Waals surface area contributed by atoms with Crippen molar-refractivity contribution in [3.63, 3.8) is 0 Å². The molecule has 86 valence electrons. The second-order valence-corrected chi connectivity index (χ2v) is 3.91. The maximum absolute atomic E-state index is 10.9. The second kappa shape index (κ2) is 3.30. The third-order valence-electron chi connectivity index (χ3n) is 2.19. The van der Waals surface area contributed by atoms with Crippen molar-refractivity contribution in [2.24, 2.45) is 0 Å². The summed E-state index contributed by atoms with van der Waals surface area (Å²) in [5.41, 5.74) is 0.108. The number of methoxy groups -OCH3 is 1. The maximum atomic E-state index is 10.9. The molecule has 0 aromatic heterocycles. The lowest BCUT2D eigenvalue weighted by molar-refractivity contribution is -0.0439. The smallest absolute Gasteiger partial charge is 0.335 e. The molecule has 0 saturated heterocycles. The molecule has 1 aromatic carbocycles. The summed E-state index contributed by atoms with van der Waals surface area (Å²) in [6, 6.07) is 2.83. The van der Waals surface area contributed by atoms with Gasteiger partial charge >= 0.3 is 5.97 Å². The lowest BCUT2D eigenvalue weighted by Crippen LogP contribution is -2.29. The number of hydrogen-bond acceptors (Lipinski definition) is 4. The first kappa shape index (κ1) is 10.6. The molecular formula is C11H12O5. The Bertz CT molecular complexity index is 450. The van der Waals surface area contributed by atoms with Crippen molar-refractivity contribution < 1.29 is 24.1 Å². The van der Waals surface area contributed by atoms with Crippen LogP contribution in [0.1, 0.15) is 24.2 Å². The van der Waals surface area contributed by atoms with Gasteiger partial charge in [0.15, 0.2) is 11.5 Å². The number of rotatable bonds is 2. The average molecular weight is 224 g/mol. The average Bonchev–Trinajstić information content (AvgIpc) is 2.49. The van der Waals surface area contributed by atoms with Gasteiger partial charge in [0.1, 0.15) is 0 Å². The van der Waals surface area contributed by atoms with Gasteiger partial charge in [-0.2, -0.15) is 0 Å². The highest BCUT2D eigenvalue weighted by Gasteiger charge is 2.35. The fourth-order valence-electron chi connectivity index (χ4n) is 1.56. The van der Waals surface area contributed by atoms with Crippen LogP contribution in [0.2, 0.25) is 0 Å². The summed E-state index contributed by atoms with van der Waals surface area (Å²) in [7, 11) is 1.45. The Labute approximate surface area is 92.5 Å². The molecule has 0 spiro atoms. The predicted molar refractivity (Wildman–Crippen MR) is 55.3 cm³/mol. The van der Waals surface area contributed by atoms with Crippen LogP contribution in [-0.2, 0) is 0 Å². The van der Waals surface area contributed by atoms with E-state index >= 15 is 0 Å². The van der Waals surface area contributed by atoms with Gasteiger partial charge in [0.25, 0.3) is 0 Å². The van der Waals surface area contributed by atoms with Crippen LogP contribution < -0.4 is 14.2 Å². The van der Waals surface area contributed by atoms with Crippen LogP contribution in [0.25, 0.3) is 0 Å². The number of carbonyl (C=O) groups is 1. The molecule has 1 aliphatic heterocycles. The van der Waals surface area contributed by atoms with E-state index in [1.54, 1.807) is 13.8 Å². The van der Waals surface area contributed by atoms with Crippen LogP contribution in [0.3, 0.4) is 0 Å². The maximum Gasteiger partial charge on any atom is 0.335 e. The van der Waals surface area contributed by atoms with E-state index in [-0.39, 0.29) is 5.56 Å². The second-order valence-electron chi connectivity index (χ2n) is 3.91. The van der Waals surface area contributed by atoms with Crippen LogP contribution in [0.5, 0.6) is 17.2 Å². The van der Waals surface area contributed by atoms with Crippen LogP contribution in [0.15, 0.2) is 12.1 Å². The summed E-state index contributed by atoms with van der Waals surface area (Å²) in [6.45, 7) is 3.49. The normalized spacial score (nSPS) is 15.9. The molecule has 0 radical (unpaired) electrons. The zero-order valence-electron chi connectivity index (χ0n) is 9.23. The van der Waals surface area contributed by atoms with Crippen molar-refractivity contribution in [3.8, 4) is 17.2 Å². The van der Waals surface area contributed by atoms with Crippen molar-refractivity contribution in [2.75, 3.05) is 7.11 Å². The topological polar surface area (TPSA) is 65.0 Å². The summed E-state index contributed by atoms with van der Waals surface area (Å²) >= 11 is 0. The summed E-state index contributed by atoms with van der Waals surface area (Å²) in [5, 5.41) is 8.91. The van der Waals surface area contributed by atoms with Gasteiger partial charge in [-0.05, 0) is 12.1 Å². The van der Waals surface area contributed by atoms with E-state index in [2.05, 4.69) is 0 Å². The van der Waals surface area contributed by atoms with Crippen molar-refractivity contribution >= 4 is 5.97 Å². The molecule has 16 heavy (non-hydrogen) atoms. The predicted octanol–water partition coefficient (Wildman–Crippen LogP) is 1.90. The molecule has 0 unspecified atom stereocenters. The number of aromatic carboxylic acids is 1. The molecule has 5 heteroatoms. The minimum Gasteiger partial charge on any atom is -0.493 e. The lowest BCUT2D eigenvalue weighted by atomic mass is 10.2. The van der Waals surface area contributed by atoms with Crippen LogP contribution in [0.4, 0.5) is 0 Å². The van der Waals surface area contributed by atoms with Crippen molar-refractivity contribution in [3.05, 3.63) is 17.7 Å². The molecule has 0 amide bonds. The lowest BCUT2D eigenvalue weighted by Gasteiger charge is -2.16. The van der Waals surface area contributed by atoms with Crippen molar-refractivity contribution in [1.29, 1.82) is 0 Å². The largest absolute Gasteiger partial charge is 0.493 e. The fraction of sp³-hybridized carbons (Fsp3) is 0.364. The van der Waals surface area contributed by atoms with Crippen LogP contribution >= 0.6 is 0 Å². The van der Waals surface area contributed by atoms with Crippen LogP contribution in [-0.4, -0.2) is 24.0 Å². The zero-order valence-corrected chi connectivity index (χ0v) is 9.23. The van der Waals surface area contributed by atoms with E-state index < -0.39 is 11.8 Å². The Hall–Kier alpha value is -1.91. The summed E-state index contributed by atoms with van der Waals surface area (Å²) < 4.78 is 16.0. The number of benzene rings is 1. The van der Waals surface area contributed by atoms with Gasteiger partial charge in [-0.25, -0.2) is 4.79 Å². The van der Waals surface area contributed by atoms with Gasteiger partial charge in [-0.3, -0.25) is 0 Å². The summed E-state index contributed by atoms with van der Waals surface area (Å²) in [5.74, 6) is -0.638. The number of carboxylic acids is 1. The third kappa shape index (κ3) is 1.64. The number of fused-ring (bicyclic) bond motifs is 1. The van der Waals surface area contributed by atoms with E-state index in [4.69, 9.17) is 19.3 Å². The minimum atomic E-state index is -1.03. The molecule has 1 heterocycles. The van der Waals surface area contributed by atoms with Gasteiger partial charge in [0, 0.05) is 13.8 Å². The summed E-state index contributed by atoms with van der Waals surface area (Å²) in [6.07, 6.45) is 0. The van der Waals surface area contributed by atoms with Gasteiger partial charge < -0.3 is 19.3 Å². The molecule has 1 aliphatic rings. The highest BCUT2D eigenvalue weighted by atomic mass is 16.7. The molecule has 0 aliphatic carbocycles. The molecule has 1 N–H and O–H groups in total. The van der Waals surface area contributed by atoms with Gasteiger partial charge in [-0.15, -0.1) is 0 Å². The molecule has 2 rings (SSSR count). The number of hydrogen-bond donors (Lipinski definition) is 1. The standard InChI is InChI=1S/C11H12O5/c1-11(2)15-8-5-6(10(12)13)4-7(14-3)9(8)16-11/h4-5H,1-3H3,(H,12,13).